The van der Waals surface area contributed by atoms with Crippen LogP contribution in [0.3, 0.4) is 0 Å². The monoisotopic (exact) mass is 224 g/mol. The predicted molar refractivity (Wildman–Crippen MR) is 66.9 cm³/mol. The highest BCUT2D eigenvalue weighted by Crippen LogP contribution is 2.40. The van der Waals surface area contributed by atoms with Crippen molar-refractivity contribution in [3.8, 4) is 0 Å². The van der Waals surface area contributed by atoms with Crippen molar-refractivity contribution in [3.63, 3.8) is 0 Å². The van der Waals surface area contributed by atoms with E-state index in [0.29, 0.717) is 12.0 Å². The summed E-state index contributed by atoms with van der Waals surface area (Å²) in [5.74, 6) is -1.94. The minimum atomic E-state index is -1.72. The first-order valence-electron chi connectivity index (χ1n) is 6.30. The largest absolute Gasteiger partial charge is 0.362 e. The van der Waals surface area contributed by atoms with Crippen LogP contribution in [-0.4, -0.2) is 16.0 Å². The molecule has 1 aliphatic carbocycles. The average molecular weight is 224 g/mol. The summed E-state index contributed by atoms with van der Waals surface area (Å²) in [7, 11) is 0. The molecule has 0 amide bonds. The van der Waals surface area contributed by atoms with Gasteiger partial charge in [0.1, 0.15) is 0 Å². The van der Waals surface area contributed by atoms with Gasteiger partial charge in [-0.05, 0) is 24.8 Å². The topological polar surface area (TPSA) is 40.5 Å². The number of unbranched alkanes of at least 4 members (excludes halogenated alkanes) is 3. The Hall–Kier alpha value is -0.600. The highest BCUT2D eigenvalue weighted by Gasteiger charge is 2.41. The maximum Gasteiger partial charge on any atom is 0.192 e. The lowest BCUT2D eigenvalue weighted by atomic mass is 9.75. The molecule has 0 aromatic rings. The molecule has 0 heterocycles. The van der Waals surface area contributed by atoms with Gasteiger partial charge >= 0.3 is 0 Å². The number of rotatable bonds is 5. The normalized spacial score (nSPS) is 24.8. The van der Waals surface area contributed by atoms with Gasteiger partial charge in [0.15, 0.2) is 5.79 Å². The smallest absolute Gasteiger partial charge is 0.192 e. The summed E-state index contributed by atoms with van der Waals surface area (Å²) in [6.45, 7) is 9.89. The first kappa shape index (κ1) is 13.5. The second-order valence-electron chi connectivity index (χ2n) is 4.89. The van der Waals surface area contributed by atoms with Crippen LogP contribution in [0.5, 0.6) is 0 Å². The van der Waals surface area contributed by atoms with Gasteiger partial charge in [-0.15, -0.1) is 0 Å². The van der Waals surface area contributed by atoms with E-state index in [4.69, 9.17) is 0 Å². The van der Waals surface area contributed by atoms with Crippen LogP contribution in [-0.2, 0) is 0 Å². The van der Waals surface area contributed by atoms with Crippen LogP contribution in [0.1, 0.15) is 51.9 Å². The molecule has 2 N–H and O–H groups in total. The fourth-order valence-corrected chi connectivity index (χ4v) is 2.38. The predicted octanol–water partition coefficient (Wildman–Crippen LogP) is 3.16. The molecule has 0 aromatic heterocycles. The minimum absolute atomic E-state index is 0.217. The number of aliphatic hydroxyl groups is 2. The van der Waals surface area contributed by atoms with Gasteiger partial charge in [-0.3, -0.25) is 0 Å². The SMILES string of the molecule is C=C1CCC(=C)C(O)(O)C1CCCCCC. The molecule has 0 saturated heterocycles. The summed E-state index contributed by atoms with van der Waals surface area (Å²) < 4.78 is 0. The van der Waals surface area contributed by atoms with Crippen molar-refractivity contribution in [3.05, 3.63) is 24.3 Å². The molecular weight excluding hydrogens is 200 g/mol. The van der Waals surface area contributed by atoms with Crippen molar-refractivity contribution in [1.29, 1.82) is 0 Å². The van der Waals surface area contributed by atoms with E-state index in [0.717, 1.165) is 31.3 Å². The Morgan fingerprint density at radius 1 is 1.19 bits per heavy atom. The Labute approximate surface area is 98.7 Å². The second kappa shape index (κ2) is 5.65. The molecule has 1 rings (SSSR count). The molecule has 2 nitrogen and oxygen atoms in total. The van der Waals surface area contributed by atoms with Crippen LogP contribution in [0.15, 0.2) is 24.3 Å². The van der Waals surface area contributed by atoms with Gasteiger partial charge in [0.2, 0.25) is 0 Å². The Kier molecular flexibility index (Phi) is 4.75. The Balaban J connectivity index is 2.53. The van der Waals surface area contributed by atoms with E-state index in [1.54, 1.807) is 0 Å². The Bertz CT molecular complexity index is 266. The molecule has 16 heavy (non-hydrogen) atoms. The maximum atomic E-state index is 10.0. The minimum Gasteiger partial charge on any atom is -0.362 e. The standard InChI is InChI=1S/C14H24O2/c1-4-5-6-7-8-13-11(2)9-10-12(3)14(13,15)16/h13,15-16H,2-10H2,1H3. The lowest BCUT2D eigenvalue weighted by Crippen LogP contribution is -2.43. The van der Waals surface area contributed by atoms with Crippen molar-refractivity contribution in [2.24, 2.45) is 5.92 Å². The second-order valence-corrected chi connectivity index (χ2v) is 4.89. The van der Waals surface area contributed by atoms with E-state index >= 15 is 0 Å². The fourth-order valence-electron chi connectivity index (χ4n) is 2.38. The molecule has 1 saturated carbocycles. The Morgan fingerprint density at radius 3 is 2.50 bits per heavy atom. The molecular formula is C14H24O2. The van der Waals surface area contributed by atoms with E-state index in [2.05, 4.69) is 20.1 Å². The first-order chi connectivity index (χ1) is 7.50. The summed E-state index contributed by atoms with van der Waals surface area (Å²) in [6, 6.07) is 0. The zero-order valence-corrected chi connectivity index (χ0v) is 10.3. The summed E-state index contributed by atoms with van der Waals surface area (Å²) >= 11 is 0. The van der Waals surface area contributed by atoms with E-state index in [1.807, 2.05) is 0 Å². The van der Waals surface area contributed by atoms with Crippen LogP contribution in [0.25, 0.3) is 0 Å². The quantitative estimate of drug-likeness (QED) is 0.428. The van der Waals surface area contributed by atoms with E-state index in [9.17, 15) is 10.2 Å². The van der Waals surface area contributed by atoms with Crippen LogP contribution in [0, 0.1) is 5.92 Å². The highest BCUT2D eigenvalue weighted by atomic mass is 16.5. The summed E-state index contributed by atoms with van der Waals surface area (Å²) in [5, 5.41) is 20.0. The number of hydrogen-bond acceptors (Lipinski definition) is 2. The molecule has 2 heteroatoms. The maximum absolute atomic E-state index is 10.0. The summed E-state index contributed by atoms with van der Waals surface area (Å²) in [5.41, 5.74) is 1.51. The third kappa shape index (κ3) is 2.96. The van der Waals surface area contributed by atoms with Gasteiger partial charge in [0.05, 0.1) is 0 Å². The molecule has 0 aliphatic heterocycles. The summed E-state index contributed by atoms with van der Waals surface area (Å²) in [6.07, 6.45) is 6.91. The van der Waals surface area contributed by atoms with Gasteiger partial charge in [-0.25, -0.2) is 0 Å². The van der Waals surface area contributed by atoms with Crippen molar-refractivity contribution >= 4 is 0 Å². The van der Waals surface area contributed by atoms with Gasteiger partial charge < -0.3 is 10.2 Å². The van der Waals surface area contributed by atoms with E-state index in [-0.39, 0.29) is 5.92 Å². The average Bonchev–Trinajstić information content (AvgIpc) is 2.23. The lowest BCUT2D eigenvalue weighted by Gasteiger charge is -2.39. The van der Waals surface area contributed by atoms with Gasteiger partial charge in [0.25, 0.3) is 0 Å². The number of hydrogen-bond donors (Lipinski definition) is 2. The molecule has 1 aliphatic rings. The zero-order chi connectivity index (χ0) is 12.2. The molecule has 1 atom stereocenters. The van der Waals surface area contributed by atoms with Crippen molar-refractivity contribution < 1.29 is 10.2 Å². The van der Waals surface area contributed by atoms with E-state index in [1.165, 1.54) is 12.8 Å². The highest BCUT2D eigenvalue weighted by molar-refractivity contribution is 5.23. The molecule has 0 aromatic carbocycles. The lowest BCUT2D eigenvalue weighted by molar-refractivity contribution is -0.168. The Morgan fingerprint density at radius 2 is 1.88 bits per heavy atom. The first-order valence-corrected chi connectivity index (χ1v) is 6.30. The molecule has 92 valence electrons. The van der Waals surface area contributed by atoms with Crippen LogP contribution in [0.4, 0.5) is 0 Å². The van der Waals surface area contributed by atoms with Crippen molar-refractivity contribution in [2.75, 3.05) is 0 Å². The van der Waals surface area contributed by atoms with Gasteiger partial charge in [0, 0.05) is 5.92 Å². The van der Waals surface area contributed by atoms with Crippen molar-refractivity contribution in [2.45, 2.75) is 57.7 Å². The summed E-state index contributed by atoms with van der Waals surface area (Å²) in [4.78, 5) is 0. The van der Waals surface area contributed by atoms with Crippen LogP contribution < -0.4 is 0 Å². The van der Waals surface area contributed by atoms with E-state index < -0.39 is 5.79 Å². The van der Waals surface area contributed by atoms with Crippen LogP contribution in [0.2, 0.25) is 0 Å². The fraction of sp³-hybridized carbons (Fsp3) is 0.714. The van der Waals surface area contributed by atoms with Crippen LogP contribution >= 0.6 is 0 Å². The van der Waals surface area contributed by atoms with Crippen molar-refractivity contribution in [1.82, 2.24) is 0 Å². The molecule has 0 spiro atoms. The zero-order valence-electron chi connectivity index (χ0n) is 10.3. The van der Waals surface area contributed by atoms with Gasteiger partial charge in [-0.1, -0.05) is 51.3 Å². The molecule has 0 bridgehead atoms. The van der Waals surface area contributed by atoms with Gasteiger partial charge in [-0.2, -0.15) is 0 Å². The third-order valence-corrected chi connectivity index (χ3v) is 3.59. The molecule has 1 fully saturated rings. The third-order valence-electron chi connectivity index (χ3n) is 3.59. The molecule has 0 radical (unpaired) electrons. The molecule has 1 unspecified atom stereocenters.